The quantitative estimate of drug-likeness (QED) is 0.633. The number of fused-ring (bicyclic) bond motifs is 1. The Morgan fingerprint density at radius 2 is 2.17 bits per heavy atom. The van der Waals surface area contributed by atoms with Gasteiger partial charge >= 0.3 is 0 Å². The maximum absolute atomic E-state index is 12.9. The third kappa shape index (κ3) is 0.978. The van der Waals surface area contributed by atoms with E-state index in [1.165, 1.54) is 17.8 Å². The van der Waals surface area contributed by atoms with Gasteiger partial charge in [-0.2, -0.15) is 0 Å². The Bertz CT molecular complexity index is 392. The Balaban J connectivity index is 2.70. The van der Waals surface area contributed by atoms with Crippen molar-refractivity contribution in [3.63, 3.8) is 0 Å². The highest BCUT2D eigenvalue weighted by Gasteiger charge is 2.05. The molecule has 0 fully saturated rings. The molecule has 1 heterocycles. The summed E-state index contributed by atoms with van der Waals surface area (Å²) >= 11 is 0. The third-order valence-corrected chi connectivity index (χ3v) is 1.86. The molecule has 3 heteroatoms. The molecule has 0 amide bonds. The minimum Gasteiger partial charge on any atom is -0.299 e. The molecule has 0 aliphatic rings. The van der Waals surface area contributed by atoms with Gasteiger partial charge in [0, 0.05) is 0 Å². The van der Waals surface area contributed by atoms with Crippen LogP contribution in [0.4, 0.5) is 4.39 Å². The molecule has 0 saturated heterocycles. The van der Waals surface area contributed by atoms with Crippen LogP contribution in [0.5, 0.6) is 0 Å². The summed E-state index contributed by atoms with van der Waals surface area (Å²) in [5.41, 5.74) is 1.68. The van der Waals surface area contributed by atoms with Gasteiger partial charge in [0.15, 0.2) is 6.30 Å². The van der Waals surface area contributed by atoms with Crippen molar-refractivity contribution in [3.05, 3.63) is 30.6 Å². The van der Waals surface area contributed by atoms with Crippen molar-refractivity contribution in [2.75, 3.05) is 0 Å². The molecule has 62 valence electrons. The summed E-state index contributed by atoms with van der Waals surface area (Å²) in [5, 5.41) is 0. The van der Waals surface area contributed by atoms with E-state index in [4.69, 9.17) is 0 Å². The molecule has 1 aromatic carbocycles. The van der Waals surface area contributed by atoms with E-state index in [0.717, 1.165) is 11.0 Å². The molecule has 0 saturated carbocycles. The average molecular weight is 164 g/mol. The Labute approximate surface area is 69.6 Å². The van der Waals surface area contributed by atoms with Crippen molar-refractivity contribution in [1.29, 1.82) is 0 Å². The van der Waals surface area contributed by atoms with Crippen molar-refractivity contribution in [1.82, 2.24) is 9.55 Å². The van der Waals surface area contributed by atoms with E-state index in [9.17, 15) is 4.39 Å². The number of alkyl halides is 1. The van der Waals surface area contributed by atoms with Crippen LogP contribution >= 0.6 is 0 Å². The Morgan fingerprint density at radius 3 is 2.92 bits per heavy atom. The molecule has 0 radical (unpaired) electrons. The summed E-state index contributed by atoms with van der Waals surface area (Å²) < 4.78 is 14.4. The predicted octanol–water partition coefficient (Wildman–Crippen LogP) is 2.52. The van der Waals surface area contributed by atoms with E-state index < -0.39 is 6.30 Å². The molecule has 1 aromatic heterocycles. The fourth-order valence-electron chi connectivity index (χ4n) is 1.26. The van der Waals surface area contributed by atoms with Crippen LogP contribution in [0.2, 0.25) is 0 Å². The van der Waals surface area contributed by atoms with Gasteiger partial charge in [-0.15, -0.1) is 0 Å². The van der Waals surface area contributed by atoms with Crippen LogP contribution in [-0.2, 0) is 0 Å². The van der Waals surface area contributed by atoms with Gasteiger partial charge in [-0.3, -0.25) is 4.57 Å². The highest BCUT2D eigenvalue weighted by Crippen LogP contribution is 2.17. The molecule has 2 rings (SSSR count). The smallest absolute Gasteiger partial charge is 0.174 e. The summed E-state index contributed by atoms with van der Waals surface area (Å²) in [4.78, 5) is 4.06. The van der Waals surface area contributed by atoms with Crippen molar-refractivity contribution in [2.24, 2.45) is 0 Å². The van der Waals surface area contributed by atoms with Crippen molar-refractivity contribution >= 4 is 11.0 Å². The number of imidazole rings is 1. The molecular formula is C9H9FN2. The highest BCUT2D eigenvalue weighted by molar-refractivity contribution is 5.74. The van der Waals surface area contributed by atoms with E-state index in [1.807, 2.05) is 24.3 Å². The Kier molecular flexibility index (Phi) is 1.57. The monoisotopic (exact) mass is 164 g/mol. The minimum absolute atomic E-state index is 0.835. The van der Waals surface area contributed by atoms with E-state index >= 15 is 0 Å². The first kappa shape index (κ1) is 7.28. The lowest BCUT2D eigenvalue weighted by Gasteiger charge is -2.03. The molecule has 0 spiro atoms. The average Bonchev–Trinajstić information content (AvgIpc) is 2.47. The number of benzene rings is 1. The first-order valence-corrected chi connectivity index (χ1v) is 3.84. The maximum Gasteiger partial charge on any atom is 0.174 e. The van der Waals surface area contributed by atoms with Crippen LogP contribution in [-0.4, -0.2) is 9.55 Å². The van der Waals surface area contributed by atoms with Gasteiger partial charge in [0.05, 0.1) is 17.4 Å². The summed E-state index contributed by atoms with van der Waals surface area (Å²) in [6, 6.07) is 7.50. The van der Waals surface area contributed by atoms with Crippen LogP contribution in [0.15, 0.2) is 30.6 Å². The van der Waals surface area contributed by atoms with Crippen molar-refractivity contribution < 1.29 is 4.39 Å². The van der Waals surface area contributed by atoms with E-state index in [2.05, 4.69) is 4.98 Å². The number of rotatable bonds is 1. The van der Waals surface area contributed by atoms with Gasteiger partial charge in [0.25, 0.3) is 0 Å². The van der Waals surface area contributed by atoms with Crippen LogP contribution < -0.4 is 0 Å². The van der Waals surface area contributed by atoms with Gasteiger partial charge < -0.3 is 0 Å². The standard InChI is InChI=1S/C9H9FN2/c1-7(10)12-6-11-8-4-2-3-5-9(8)12/h2-7H,1H3. The Morgan fingerprint density at radius 1 is 1.42 bits per heavy atom. The number of hydrogen-bond donors (Lipinski definition) is 0. The van der Waals surface area contributed by atoms with Crippen LogP contribution in [0.1, 0.15) is 13.2 Å². The van der Waals surface area contributed by atoms with Gasteiger partial charge in [-0.25, -0.2) is 9.37 Å². The van der Waals surface area contributed by atoms with Crippen LogP contribution in [0.3, 0.4) is 0 Å². The van der Waals surface area contributed by atoms with Crippen LogP contribution in [0, 0.1) is 0 Å². The highest BCUT2D eigenvalue weighted by atomic mass is 19.1. The summed E-state index contributed by atoms with van der Waals surface area (Å²) in [6.45, 7) is 1.49. The number of hydrogen-bond acceptors (Lipinski definition) is 1. The lowest BCUT2D eigenvalue weighted by molar-refractivity contribution is 0.274. The first-order chi connectivity index (χ1) is 5.79. The molecule has 0 aliphatic carbocycles. The molecule has 0 bridgehead atoms. The molecule has 2 aromatic rings. The van der Waals surface area contributed by atoms with Crippen LogP contribution in [0.25, 0.3) is 11.0 Å². The second kappa shape index (κ2) is 2.59. The topological polar surface area (TPSA) is 17.8 Å². The lowest BCUT2D eigenvalue weighted by atomic mass is 10.3. The maximum atomic E-state index is 12.9. The second-order valence-electron chi connectivity index (χ2n) is 2.71. The van der Waals surface area contributed by atoms with Gasteiger partial charge in [0.2, 0.25) is 0 Å². The zero-order valence-corrected chi connectivity index (χ0v) is 6.74. The van der Waals surface area contributed by atoms with Gasteiger partial charge in [0.1, 0.15) is 0 Å². The zero-order chi connectivity index (χ0) is 8.55. The largest absolute Gasteiger partial charge is 0.299 e. The summed E-state index contributed by atoms with van der Waals surface area (Å²) in [6.07, 6.45) is 0.507. The summed E-state index contributed by atoms with van der Waals surface area (Å²) in [7, 11) is 0. The number of para-hydroxylation sites is 2. The fraction of sp³-hybridized carbons (Fsp3) is 0.222. The zero-order valence-electron chi connectivity index (χ0n) is 6.74. The molecule has 1 unspecified atom stereocenters. The van der Waals surface area contributed by atoms with E-state index in [1.54, 1.807) is 0 Å². The fourth-order valence-corrected chi connectivity index (χ4v) is 1.26. The molecule has 0 N–H and O–H groups in total. The molecule has 2 nitrogen and oxygen atoms in total. The lowest BCUT2D eigenvalue weighted by Crippen LogP contribution is -1.95. The van der Waals surface area contributed by atoms with E-state index in [0.29, 0.717) is 0 Å². The molecule has 12 heavy (non-hydrogen) atoms. The van der Waals surface area contributed by atoms with Gasteiger partial charge in [-0.05, 0) is 19.1 Å². The van der Waals surface area contributed by atoms with Crippen molar-refractivity contribution in [2.45, 2.75) is 13.2 Å². The SMILES string of the molecule is CC(F)n1cnc2ccccc21. The number of halogens is 1. The van der Waals surface area contributed by atoms with Gasteiger partial charge in [-0.1, -0.05) is 12.1 Å². The second-order valence-corrected chi connectivity index (χ2v) is 2.71. The summed E-state index contributed by atoms with van der Waals surface area (Å²) in [5.74, 6) is 0. The first-order valence-electron chi connectivity index (χ1n) is 3.84. The molecule has 1 atom stereocenters. The Hall–Kier alpha value is -1.38. The predicted molar refractivity (Wildman–Crippen MR) is 45.6 cm³/mol. The molecule has 0 aliphatic heterocycles. The third-order valence-electron chi connectivity index (χ3n) is 1.86. The van der Waals surface area contributed by atoms with Crippen molar-refractivity contribution in [3.8, 4) is 0 Å². The minimum atomic E-state index is -1.02. The van der Waals surface area contributed by atoms with E-state index in [-0.39, 0.29) is 0 Å². The molecular weight excluding hydrogens is 155 g/mol. The number of nitrogens with zero attached hydrogens (tertiary/aromatic N) is 2. The normalized spacial score (nSPS) is 13.5. The number of aromatic nitrogens is 2.